The number of carbonyl (C=O) groups is 1. The number of aromatic nitrogens is 1. The van der Waals surface area contributed by atoms with Gasteiger partial charge in [-0.05, 0) is 44.0 Å². The molecule has 2 unspecified atom stereocenters. The summed E-state index contributed by atoms with van der Waals surface area (Å²) in [4.78, 5) is 17.7. The summed E-state index contributed by atoms with van der Waals surface area (Å²) in [5, 5.41) is 9.34. The molecule has 0 radical (unpaired) electrons. The molecule has 0 bridgehead atoms. The number of benzene rings is 1. The molecule has 0 spiro atoms. The topological polar surface area (TPSA) is 53.4 Å². The van der Waals surface area contributed by atoms with Crippen LogP contribution in [0.5, 0.6) is 0 Å². The van der Waals surface area contributed by atoms with Crippen LogP contribution in [-0.4, -0.2) is 34.0 Å². The van der Waals surface area contributed by atoms with Crippen LogP contribution in [0, 0.1) is 24.5 Å². The molecular formula is C19H20F2N2O2. The smallest absolute Gasteiger partial charge is 0.307 e. The molecule has 2 atom stereocenters. The van der Waals surface area contributed by atoms with E-state index in [1.807, 2.05) is 24.0 Å². The molecule has 3 rings (SSSR count). The monoisotopic (exact) mass is 346 g/mol. The van der Waals surface area contributed by atoms with Crippen LogP contribution in [0.2, 0.25) is 0 Å². The van der Waals surface area contributed by atoms with Crippen molar-refractivity contribution in [1.29, 1.82) is 0 Å². The molecule has 0 aliphatic carbocycles. The Morgan fingerprint density at radius 1 is 1.32 bits per heavy atom. The van der Waals surface area contributed by atoms with E-state index in [-0.39, 0.29) is 0 Å². The zero-order valence-corrected chi connectivity index (χ0v) is 14.0. The van der Waals surface area contributed by atoms with Crippen molar-refractivity contribution in [1.82, 2.24) is 9.88 Å². The fraction of sp³-hybridized carbons (Fsp3) is 0.368. The molecule has 2 aromatic rings. The van der Waals surface area contributed by atoms with E-state index in [1.54, 1.807) is 6.20 Å². The molecule has 2 heterocycles. The van der Waals surface area contributed by atoms with Gasteiger partial charge in [0, 0.05) is 24.4 Å². The van der Waals surface area contributed by atoms with Gasteiger partial charge in [-0.3, -0.25) is 14.7 Å². The molecule has 0 saturated carbocycles. The highest BCUT2D eigenvalue weighted by atomic mass is 19.1. The first-order valence-electron chi connectivity index (χ1n) is 8.30. The zero-order valence-electron chi connectivity index (χ0n) is 14.0. The Hall–Kier alpha value is -2.34. The van der Waals surface area contributed by atoms with Crippen molar-refractivity contribution in [3.05, 3.63) is 65.0 Å². The minimum absolute atomic E-state index is 0.309. The van der Waals surface area contributed by atoms with Crippen molar-refractivity contribution in [3.8, 4) is 0 Å². The number of halogens is 2. The van der Waals surface area contributed by atoms with Gasteiger partial charge in [0.05, 0.1) is 17.7 Å². The minimum atomic E-state index is -0.847. The fourth-order valence-electron chi connectivity index (χ4n) is 3.35. The van der Waals surface area contributed by atoms with Gasteiger partial charge in [-0.2, -0.15) is 0 Å². The minimum Gasteiger partial charge on any atom is -0.481 e. The number of aryl methyl sites for hydroxylation is 1. The van der Waals surface area contributed by atoms with Crippen LogP contribution in [0.4, 0.5) is 8.78 Å². The van der Waals surface area contributed by atoms with Crippen molar-refractivity contribution in [2.24, 2.45) is 5.92 Å². The second-order valence-corrected chi connectivity index (χ2v) is 6.50. The Balaban J connectivity index is 2.02. The number of aliphatic carboxylic acids is 1. The number of likely N-dealkylation sites (tertiary alicyclic amines) is 1. The van der Waals surface area contributed by atoms with Crippen molar-refractivity contribution in [2.75, 3.05) is 13.1 Å². The van der Waals surface area contributed by atoms with Gasteiger partial charge in [-0.15, -0.1) is 0 Å². The van der Waals surface area contributed by atoms with Crippen LogP contribution in [0.15, 0.2) is 36.5 Å². The summed E-state index contributed by atoms with van der Waals surface area (Å²) in [6.07, 6.45) is 3.01. The quantitative estimate of drug-likeness (QED) is 0.920. The number of piperidine rings is 1. The van der Waals surface area contributed by atoms with Gasteiger partial charge in [-0.1, -0.05) is 12.1 Å². The van der Waals surface area contributed by atoms with Crippen molar-refractivity contribution < 1.29 is 18.7 Å². The molecule has 6 heteroatoms. The average Bonchev–Trinajstić information content (AvgIpc) is 2.59. The maximum atomic E-state index is 14.5. The van der Waals surface area contributed by atoms with Gasteiger partial charge >= 0.3 is 5.97 Å². The number of rotatable bonds is 4. The second-order valence-electron chi connectivity index (χ2n) is 6.50. The van der Waals surface area contributed by atoms with E-state index >= 15 is 0 Å². The van der Waals surface area contributed by atoms with Crippen LogP contribution in [0.1, 0.15) is 35.7 Å². The maximum absolute atomic E-state index is 14.5. The molecular weight excluding hydrogens is 326 g/mol. The summed E-state index contributed by atoms with van der Waals surface area (Å²) in [6.45, 7) is 2.86. The molecule has 0 amide bonds. The highest BCUT2D eigenvalue weighted by Gasteiger charge is 2.33. The summed E-state index contributed by atoms with van der Waals surface area (Å²) in [6, 6.07) is 6.65. The predicted octanol–water partition coefficient (Wildman–Crippen LogP) is 3.55. The lowest BCUT2D eigenvalue weighted by atomic mass is 9.93. The third-order valence-electron chi connectivity index (χ3n) is 4.64. The van der Waals surface area contributed by atoms with E-state index in [4.69, 9.17) is 0 Å². The summed E-state index contributed by atoms with van der Waals surface area (Å²) < 4.78 is 27.8. The third kappa shape index (κ3) is 3.85. The van der Waals surface area contributed by atoms with E-state index in [2.05, 4.69) is 4.98 Å². The van der Waals surface area contributed by atoms with Gasteiger partial charge in [0.25, 0.3) is 0 Å². The van der Waals surface area contributed by atoms with Crippen molar-refractivity contribution in [2.45, 2.75) is 25.8 Å². The lowest BCUT2D eigenvalue weighted by Gasteiger charge is -2.37. The van der Waals surface area contributed by atoms with Gasteiger partial charge < -0.3 is 5.11 Å². The van der Waals surface area contributed by atoms with E-state index in [0.717, 1.165) is 11.6 Å². The highest BCUT2D eigenvalue weighted by molar-refractivity contribution is 5.70. The molecule has 1 aliphatic heterocycles. The SMILES string of the molecule is Cc1ccc(C(c2ccc(F)cc2F)N2CCCC(C(=O)O)C2)nc1. The Kier molecular flexibility index (Phi) is 5.08. The first-order chi connectivity index (χ1) is 12.0. The van der Waals surface area contributed by atoms with Crippen LogP contribution < -0.4 is 0 Å². The average molecular weight is 346 g/mol. The number of hydrogen-bond acceptors (Lipinski definition) is 3. The summed E-state index contributed by atoms with van der Waals surface area (Å²) >= 11 is 0. The third-order valence-corrected chi connectivity index (χ3v) is 4.64. The zero-order chi connectivity index (χ0) is 18.0. The van der Waals surface area contributed by atoms with Crippen molar-refractivity contribution in [3.63, 3.8) is 0 Å². The Bertz CT molecular complexity index is 765. The molecule has 132 valence electrons. The molecule has 25 heavy (non-hydrogen) atoms. The van der Waals surface area contributed by atoms with Gasteiger partial charge in [0.15, 0.2) is 0 Å². The van der Waals surface area contributed by atoms with Crippen LogP contribution >= 0.6 is 0 Å². The number of pyridine rings is 1. The predicted molar refractivity (Wildman–Crippen MR) is 89.1 cm³/mol. The normalized spacial score (nSPS) is 19.6. The maximum Gasteiger partial charge on any atom is 0.307 e. The Morgan fingerprint density at radius 3 is 2.76 bits per heavy atom. The lowest BCUT2D eigenvalue weighted by molar-refractivity contribution is -0.143. The summed E-state index contributed by atoms with van der Waals surface area (Å²) in [5.74, 6) is -2.63. The molecule has 1 aliphatic rings. The summed E-state index contributed by atoms with van der Waals surface area (Å²) in [5.41, 5.74) is 1.91. The molecule has 1 fully saturated rings. The molecule has 1 aromatic carbocycles. The molecule has 1 N–H and O–H groups in total. The fourth-order valence-corrected chi connectivity index (χ4v) is 3.35. The number of carboxylic acids is 1. The number of carboxylic acid groups (broad SMARTS) is 1. The van der Waals surface area contributed by atoms with Crippen LogP contribution in [0.25, 0.3) is 0 Å². The lowest BCUT2D eigenvalue weighted by Crippen LogP contribution is -2.41. The molecule has 4 nitrogen and oxygen atoms in total. The Morgan fingerprint density at radius 2 is 2.12 bits per heavy atom. The Labute approximate surface area is 145 Å². The van der Waals surface area contributed by atoms with E-state index in [1.165, 1.54) is 12.1 Å². The van der Waals surface area contributed by atoms with E-state index < -0.39 is 29.6 Å². The first-order valence-corrected chi connectivity index (χ1v) is 8.30. The van der Waals surface area contributed by atoms with Crippen molar-refractivity contribution >= 4 is 5.97 Å². The molecule has 1 saturated heterocycles. The largest absolute Gasteiger partial charge is 0.481 e. The first kappa shape index (κ1) is 17.5. The summed E-state index contributed by atoms with van der Waals surface area (Å²) in [7, 11) is 0. The molecule has 1 aromatic heterocycles. The van der Waals surface area contributed by atoms with E-state index in [9.17, 15) is 18.7 Å². The number of nitrogens with zero attached hydrogens (tertiary/aromatic N) is 2. The van der Waals surface area contributed by atoms with Gasteiger partial charge in [0.2, 0.25) is 0 Å². The second kappa shape index (κ2) is 7.27. The van der Waals surface area contributed by atoms with Gasteiger partial charge in [0.1, 0.15) is 11.6 Å². The van der Waals surface area contributed by atoms with Crippen LogP contribution in [0.3, 0.4) is 0 Å². The van der Waals surface area contributed by atoms with Gasteiger partial charge in [-0.25, -0.2) is 8.78 Å². The number of hydrogen-bond donors (Lipinski definition) is 1. The standard InChI is InChI=1S/C19H20F2N2O2/c1-12-4-7-17(22-10-12)18(15-6-5-14(20)9-16(15)21)23-8-2-3-13(11-23)19(24)25/h4-7,9-10,13,18H,2-3,8,11H2,1H3,(H,24,25). The van der Waals surface area contributed by atoms with E-state index in [0.29, 0.717) is 37.2 Å². The van der Waals surface area contributed by atoms with Crippen LogP contribution in [-0.2, 0) is 4.79 Å². The highest BCUT2D eigenvalue weighted by Crippen LogP contribution is 2.33.